The zero-order valence-electron chi connectivity index (χ0n) is 11.6. The molecule has 0 saturated heterocycles. The Hall–Kier alpha value is -2.72. The molecule has 1 atom stereocenters. The normalized spacial score (nSPS) is 12.9. The third-order valence-electron chi connectivity index (χ3n) is 2.96. The molecule has 3 N–H and O–H groups in total. The number of nitrogens with one attached hydrogen (secondary N) is 1. The molecule has 0 spiro atoms. The summed E-state index contributed by atoms with van der Waals surface area (Å²) in [5.74, 6) is -3.37. The second kappa shape index (κ2) is 5.82. The van der Waals surface area contributed by atoms with E-state index in [4.69, 9.17) is 10.2 Å². The van der Waals surface area contributed by atoms with E-state index >= 15 is 0 Å². The van der Waals surface area contributed by atoms with Crippen molar-refractivity contribution in [2.24, 2.45) is 0 Å². The van der Waals surface area contributed by atoms with Crippen molar-refractivity contribution in [3.8, 4) is 0 Å². The van der Waals surface area contributed by atoms with Crippen LogP contribution in [0, 0.1) is 0 Å². The second-order valence-electron chi connectivity index (χ2n) is 4.63. The SMILES string of the molecule is C[C@H](NS(=O)(=O)c1ccc2cc(C(=O)O)oc(=O)c2c1)C(=O)O. The summed E-state index contributed by atoms with van der Waals surface area (Å²) >= 11 is 0. The van der Waals surface area contributed by atoms with Crippen molar-refractivity contribution < 1.29 is 32.6 Å². The highest BCUT2D eigenvalue weighted by Gasteiger charge is 2.22. The van der Waals surface area contributed by atoms with Gasteiger partial charge in [-0.3, -0.25) is 4.79 Å². The van der Waals surface area contributed by atoms with Crippen LogP contribution in [-0.2, 0) is 14.8 Å². The lowest BCUT2D eigenvalue weighted by atomic mass is 10.2. The number of aliphatic carboxylic acids is 1. The highest BCUT2D eigenvalue weighted by molar-refractivity contribution is 7.89. The van der Waals surface area contributed by atoms with Gasteiger partial charge in [0, 0.05) is 0 Å². The van der Waals surface area contributed by atoms with Crippen LogP contribution in [0.2, 0.25) is 0 Å². The van der Waals surface area contributed by atoms with Crippen LogP contribution in [0.5, 0.6) is 0 Å². The molecule has 2 aromatic rings. The van der Waals surface area contributed by atoms with Crippen molar-refractivity contribution in [2.45, 2.75) is 17.9 Å². The molecule has 23 heavy (non-hydrogen) atoms. The molecule has 2 rings (SSSR count). The molecule has 122 valence electrons. The van der Waals surface area contributed by atoms with Crippen LogP contribution in [0.1, 0.15) is 17.5 Å². The van der Waals surface area contributed by atoms with Crippen LogP contribution in [0.15, 0.2) is 38.4 Å². The van der Waals surface area contributed by atoms with E-state index in [2.05, 4.69) is 4.42 Å². The molecule has 0 aliphatic carbocycles. The van der Waals surface area contributed by atoms with Crippen LogP contribution in [-0.4, -0.2) is 36.6 Å². The minimum absolute atomic E-state index is 0.138. The number of aromatic carboxylic acids is 1. The van der Waals surface area contributed by atoms with Crippen molar-refractivity contribution in [1.82, 2.24) is 4.72 Å². The van der Waals surface area contributed by atoms with Gasteiger partial charge in [0.15, 0.2) is 0 Å². The highest BCUT2D eigenvalue weighted by atomic mass is 32.2. The summed E-state index contributed by atoms with van der Waals surface area (Å²) in [6.45, 7) is 1.15. The van der Waals surface area contributed by atoms with E-state index in [1.54, 1.807) is 0 Å². The predicted molar refractivity (Wildman–Crippen MR) is 76.9 cm³/mol. The van der Waals surface area contributed by atoms with Crippen LogP contribution in [0.25, 0.3) is 10.8 Å². The maximum absolute atomic E-state index is 12.1. The maximum atomic E-state index is 12.1. The van der Waals surface area contributed by atoms with Crippen molar-refractivity contribution in [2.75, 3.05) is 0 Å². The maximum Gasteiger partial charge on any atom is 0.371 e. The zero-order chi connectivity index (χ0) is 17.4. The number of carboxylic acid groups (broad SMARTS) is 2. The minimum atomic E-state index is -4.17. The van der Waals surface area contributed by atoms with E-state index < -0.39 is 39.4 Å². The number of fused-ring (bicyclic) bond motifs is 1. The number of hydrogen-bond donors (Lipinski definition) is 3. The van der Waals surface area contributed by atoms with Crippen LogP contribution in [0.3, 0.4) is 0 Å². The molecule has 1 aromatic heterocycles. The van der Waals surface area contributed by atoms with Crippen LogP contribution < -0.4 is 10.3 Å². The van der Waals surface area contributed by atoms with Crippen LogP contribution in [0.4, 0.5) is 0 Å². The van der Waals surface area contributed by atoms with E-state index in [1.165, 1.54) is 6.07 Å². The van der Waals surface area contributed by atoms with Gasteiger partial charge in [-0.15, -0.1) is 0 Å². The van der Waals surface area contributed by atoms with Crippen molar-refractivity contribution in [3.63, 3.8) is 0 Å². The summed E-state index contributed by atoms with van der Waals surface area (Å²) in [5.41, 5.74) is -1.01. The summed E-state index contributed by atoms with van der Waals surface area (Å²) in [6, 6.07) is 3.08. The molecule has 0 fully saturated rings. The Balaban J connectivity index is 2.55. The van der Waals surface area contributed by atoms with Gasteiger partial charge >= 0.3 is 17.6 Å². The number of carboxylic acids is 2. The van der Waals surface area contributed by atoms with E-state index in [9.17, 15) is 22.8 Å². The van der Waals surface area contributed by atoms with Gasteiger partial charge < -0.3 is 14.6 Å². The second-order valence-corrected chi connectivity index (χ2v) is 6.35. The first-order valence-electron chi connectivity index (χ1n) is 6.18. The van der Waals surface area contributed by atoms with Crippen molar-refractivity contribution in [1.29, 1.82) is 0 Å². The van der Waals surface area contributed by atoms with E-state index in [-0.39, 0.29) is 15.7 Å². The molecule has 1 heterocycles. The summed E-state index contributed by atoms with van der Waals surface area (Å²) < 4.78 is 30.7. The zero-order valence-corrected chi connectivity index (χ0v) is 12.5. The van der Waals surface area contributed by atoms with Crippen molar-refractivity contribution >= 4 is 32.7 Å². The third-order valence-corrected chi connectivity index (χ3v) is 4.50. The first kappa shape index (κ1) is 16.6. The highest BCUT2D eigenvalue weighted by Crippen LogP contribution is 2.18. The van der Waals surface area contributed by atoms with Gasteiger partial charge in [-0.05, 0) is 30.5 Å². The van der Waals surface area contributed by atoms with Gasteiger partial charge in [0.05, 0.1) is 10.3 Å². The number of benzene rings is 1. The Kier molecular flexibility index (Phi) is 4.21. The average Bonchev–Trinajstić information content (AvgIpc) is 2.46. The fourth-order valence-electron chi connectivity index (χ4n) is 1.79. The van der Waals surface area contributed by atoms with Gasteiger partial charge in [0.25, 0.3) is 0 Å². The Labute approximate surface area is 129 Å². The third kappa shape index (κ3) is 3.38. The lowest BCUT2D eigenvalue weighted by Gasteiger charge is -2.10. The van der Waals surface area contributed by atoms with Gasteiger partial charge in [-0.25, -0.2) is 18.0 Å². The summed E-state index contributed by atoms with van der Waals surface area (Å²) in [5, 5.41) is 17.6. The molecule has 9 nitrogen and oxygen atoms in total. The van der Waals surface area contributed by atoms with Gasteiger partial charge in [-0.2, -0.15) is 4.72 Å². The largest absolute Gasteiger partial charge is 0.480 e. The van der Waals surface area contributed by atoms with Gasteiger partial charge in [-0.1, -0.05) is 6.07 Å². The summed E-state index contributed by atoms with van der Waals surface area (Å²) in [7, 11) is -4.17. The Morgan fingerprint density at radius 2 is 1.87 bits per heavy atom. The predicted octanol–water partition coefficient (Wildman–Crippen LogP) is 0.243. The molecule has 10 heteroatoms. The fourth-order valence-corrected chi connectivity index (χ4v) is 3.01. The Morgan fingerprint density at radius 1 is 1.22 bits per heavy atom. The molecule has 0 aliphatic heterocycles. The minimum Gasteiger partial charge on any atom is -0.480 e. The van der Waals surface area contributed by atoms with E-state index in [0.717, 1.165) is 25.1 Å². The Bertz CT molecular complexity index is 960. The lowest BCUT2D eigenvalue weighted by Crippen LogP contribution is -2.38. The van der Waals surface area contributed by atoms with Crippen molar-refractivity contribution in [3.05, 3.63) is 40.4 Å². The van der Waals surface area contributed by atoms with E-state index in [1.807, 2.05) is 4.72 Å². The van der Waals surface area contributed by atoms with Gasteiger partial charge in [0.1, 0.15) is 6.04 Å². The van der Waals surface area contributed by atoms with Gasteiger partial charge in [0.2, 0.25) is 15.8 Å². The Morgan fingerprint density at radius 3 is 2.43 bits per heavy atom. The molecule has 0 aliphatic rings. The molecular weight excluding hydrogens is 330 g/mol. The average molecular weight is 341 g/mol. The number of rotatable bonds is 5. The van der Waals surface area contributed by atoms with E-state index in [0.29, 0.717) is 0 Å². The molecule has 1 aromatic carbocycles. The summed E-state index contributed by atoms with van der Waals surface area (Å²) in [4.78, 5) is 33.0. The number of hydrogen-bond acceptors (Lipinski definition) is 6. The standard InChI is InChI=1S/C13H11NO8S/c1-6(11(15)16)14-23(20,21)8-3-2-7-4-10(12(17)18)22-13(19)9(7)5-8/h2-6,14H,1H3,(H,15,16)(H,17,18)/t6-/m0/s1. The topological polar surface area (TPSA) is 151 Å². The fraction of sp³-hybridized carbons (Fsp3) is 0.154. The monoisotopic (exact) mass is 341 g/mol. The molecular formula is C13H11NO8S. The first-order valence-corrected chi connectivity index (χ1v) is 7.66. The summed E-state index contributed by atoms with van der Waals surface area (Å²) in [6.07, 6.45) is 0. The number of sulfonamides is 1. The smallest absolute Gasteiger partial charge is 0.371 e. The quantitative estimate of drug-likeness (QED) is 0.699. The molecule has 0 amide bonds. The van der Waals surface area contributed by atoms with Crippen LogP contribution >= 0.6 is 0 Å². The number of carbonyl (C=O) groups is 2. The lowest BCUT2D eigenvalue weighted by molar-refractivity contribution is -0.138. The molecule has 0 saturated carbocycles. The first-order chi connectivity index (χ1) is 10.6. The molecule has 0 radical (unpaired) electrons. The molecule has 0 bridgehead atoms. The molecule has 0 unspecified atom stereocenters.